The second-order valence-corrected chi connectivity index (χ2v) is 18.3. The standard InChI is InChI=1S/C36H49FN2O2.C24H35FN2O/c1-4-7-10-11-30-12-18-33(19-13-30)36(40)39(27-26-38(24-8-5-2)25-9-6-3)28-31-16-22-35(23-17-31)41-29-32-14-20-34(37)21-15-32;1-3-5-16-27(17-6-4-2)18-15-26-19-21-9-13-24(14-10-21)28-20-22-7-11-23(25)12-8-22/h12-23H,4-11,24-29H2,1-3H3;7-14,26H,3-6,15-20H2,1-2H3. The Morgan fingerprint density at radius 2 is 0.870 bits per heavy atom. The van der Waals surface area contributed by atoms with E-state index in [9.17, 15) is 13.6 Å². The van der Waals surface area contributed by atoms with Gasteiger partial charge in [0, 0.05) is 44.8 Å². The molecule has 0 atom stereocenters. The first kappa shape index (κ1) is 56.5. The van der Waals surface area contributed by atoms with E-state index in [4.69, 9.17) is 9.47 Å². The molecule has 7 nitrogen and oxygen atoms in total. The third kappa shape index (κ3) is 23.4. The lowest BCUT2D eigenvalue weighted by Gasteiger charge is -2.28. The molecule has 5 rings (SSSR count). The number of amides is 1. The molecule has 1 N–H and O–H groups in total. The van der Waals surface area contributed by atoms with Crippen molar-refractivity contribution < 1.29 is 23.0 Å². The van der Waals surface area contributed by atoms with Crippen LogP contribution in [0.25, 0.3) is 0 Å². The molecular weight excluding hydrogens is 863 g/mol. The zero-order chi connectivity index (χ0) is 49.3. The van der Waals surface area contributed by atoms with Crippen LogP contribution < -0.4 is 14.8 Å². The quantitative estimate of drug-likeness (QED) is 0.0423. The second kappa shape index (κ2) is 34.2. The number of benzene rings is 5. The number of nitrogens with zero attached hydrogens (tertiary/aromatic N) is 3. The van der Waals surface area contributed by atoms with Crippen LogP contribution in [0.3, 0.4) is 0 Å². The highest BCUT2D eigenvalue weighted by molar-refractivity contribution is 5.94. The molecule has 0 spiro atoms. The number of nitrogens with one attached hydrogen (secondary N) is 1. The summed E-state index contributed by atoms with van der Waals surface area (Å²) in [4.78, 5) is 20.8. The first-order valence-corrected chi connectivity index (χ1v) is 26.2. The van der Waals surface area contributed by atoms with Gasteiger partial charge in [-0.15, -0.1) is 0 Å². The smallest absolute Gasteiger partial charge is 0.254 e. The molecule has 0 heterocycles. The van der Waals surface area contributed by atoms with Crippen molar-refractivity contribution >= 4 is 5.91 Å². The van der Waals surface area contributed by atoms with E-state index in [2.05, 4.69) is 74.0 Å². The van der Waals surface area contributed by atoms with Crippen LogP contribution in [0.15, 0.2) is 121 Å². The maximum atomic E-state index is 13.8. The molecule has 0 saturated carbocycles. The fourth-order valence-corrected chi connectivity index (χ4v) is 7.87. The van der Waals surface area contributed by atoms with Gasteiger partial charge in [0.15, 0.2) is 0 Å². The van der Waals surface area contributed by atoms with Crippen LogP contribution in [0.1, 0.15) is 143 Å². The third-order valence-corrected chi connectivity index (χ3v) is 12.3. The maximum absolute atomic E-state index is 13.8. The number of carbonyl (C=O) groups excluding carboxylic acids is 1. The highest BCUT2D eigenvalue weighted by Gasteiger charge is 2.18. The van der Waals surface area contributed by atoms with Crippen molar-refractivity contribution in [2.45, 2.75) is 138 Å². The summed E-state index contributed by atoms with van der Waals surface area (Å²) >= 11 is 0. The number of aryl methyl sites for hydroxylation is 1. The molecule has 0 aliphatic carbocycles. The predicted molar refractivity (Wildman–Crippen MR) is 283 cm³/mol. The van der Waals surface area contributed by atoms with E-state index in [1.165, 1.54) is 119 Å². The van der Waals surface area contributed by atoms with Crippen LogP contribution >= 0.6 is 0 Å². The Hall–Kier alpha value is -5.09. The van der Waals surface area contributed by atoms with Gasteiger partial charge < -0.3 is 29.5 Å². The molecule has 0 aliphatic rings. The average molecular weight is 947 g/mol. The molecule has 0 fully saturated rings. The molecule has 9 heteroatoms. The largest absolute Gasteiger partial charge is 0.489 e. The van der Waals surface area contributed by atoms with Crippen LogP contribution in [-0.2, 0) is 32.7 Å². The molecule has 1 amide bonds. The minimum Gasteiger partial charge on any atom is -0.489 e. The molecule has 69 heavy (non-hydrogen) atoms. The van der Waals surface area contributed by atoms with Crippen molar-refractivity contribution in [1.82, 2.24) is 20.0 Å². The van der Waals surface area contributed by atoms with Crippen LogP contribution in [0.5, 0.6) is 11.5 Å². The minimum atomic E-state index is -0.251. The Morgan fingerprint density at radius 1 is 0.449 bits per heavy atom. The van der Waals surface area contributed by atoms with Gasteiger partial charge in [0.25, 0.3) is 5.91 Å². The number of hydrogen-bond donors (Lipinski definition) is 1. The van der Waals surface area contributed by atoms with Gasteiger partial charge in [0.05, 0.1) is 0 Å². The summed E-state index contributed by atoms with van der Waals surface area (Å²) in [5, 5.41) is 3.55. The Morgan fingerprint density at radius 3 is 1.33 bits per heavy atom. The van der Waals surface area contributed by atoms with E-state index in [1.807, 2.05) is 53.4 Å². The van der Waals surface area contributed by atoms with Crippen LogP contribution in [0.4, 0.5) is 8.78 Å². The second-order valence-electron chi connectivity index (χ2n) is 18.3. The van der Waals surface area contributed by atoms with Crippen molar-refractivity contribution in [3.8, 4) is 11.5 Å². The van der Waals surface area contributed by atoms with Crippen LogP contribution in [0.2, 0.25) is 0 Å². The summed E-state index contributed by atoms with van der Waals surface area (Å²) in [6.45, 7) is 21.7. The van der Waals surface area contributed by atoms with Crippen molar-refractivity contribution in [3.63, 3.8) is 0 Å². The fourth-order valence-electron chi connectivity index (χ4n) is 7.87. The minimum absolute atomic E-state index is 0.0766. The zero-order valence-electron chi connectivity index (χ0n) is 42.8. The van der Waals surface area contributed by atoms with Crippen molar-refractivity contribution in [2.24, 2.45) is 0 Å². The SMILES string of the molecule is CCCCCc1ccc(C(=O)N(CCN(CCCC)CCCC)Cc2ccc(OCc3ccc(F)cc3)cc2)cc1.CCCCN(CCCC)CCNCc1ccc(OCc2ccc(F)cc2)cc1. The van der Waals surface area contributed by atoms with Crippen molar-refractivity contribution in [1.29, 1.82) is 0 Å². The lowest BCUT2D eigenvalue weighted by molar-refractivity contribution is 0.0720. The molecule has 0 bridgehead atoms. The van der Waals surface area contributed by atoms with Gasteiger partial charge in [0.1, 0.15) is 36.3 Å². The normalized spacial score (nSPS) is 11.1. The number of ether oxygens (including phenoxy) is 2. The van der Waals surface area contributed by atoms with E-state index in [-0.39, 0.29) is 17.5 Å². The predicted octanol–water partition coefficient (Wildman–Crippen LogP) is 14.1. The lowest BCUT2D eigenvalue weighted by atomic mass is 10.0. The van der Waals surface area contributed by atoms with Gasteiger partial charge in [-0.1, -0.05) is 134 Å². The summed E-state index contributed by atoms with van der Waals surface area (Å²) in [5.41, 5.74) is 6.24. The van der Waals surface area contributed by atoms with Gasteiger partial charge in [-0.3, -0.25) is 4.79 Å². The first-order valence-electron chi connectivity index (χ1n) is 26.2. The number of hydrogen-bond acceptors (Lipinski definition) is 6. The molecule has 0 saturated heterocycles. The highest BCUT2D eigenvalue weighted by atomic mass is 19.1. The third-order valence-electron chi connectivity index (χ3n) is 12.3. The number of rotatable bonds is 33. The first-order chi connectivity index (χ1) is 33.7. The summed E-state index contributed by atoms with van der Waals surface area (Å²) in [7, 11) is 0. The Labute approximate surface area is 415 Å². The zero-order valence-corrected chi connectivity index (χ0v) is 42.8. The van der Waals surface area contributed by atoms with E-state index in [1.54, 1.807) is 24.3 Å². The summed E-state index contributed by atoms with van der Waals surface area (Å²) in [6, 6.07) is 37.1. The van der Waals surface area contributed by atoms with Gasteiger partial charge in [-0.2, -0.15) is 0 Å². The molecule has 5 aromatic rings. The van der Waals surface area contributed by atoms with Gasteiger partial charge in [-0.05, 0) is 153 Å². The van der Waals surface area contributed by atoms with Crippen LogP contribution in [0, 0.1) is 11.6 Å². The lowest BCUT2D eigenvalue weighted by Crippen LogP contribution is -2.39. The molecule has 0 aliphatic heterocycles. The van der Waals surface area contributed by atoms with Gasteiger partial charge in [0.2, 0.25) is 0 Å². The number of carbonyl (C=O) groups is 1. The highest BCUT2D eigenvalue weighted by Crippen LogP contribution is 2.19. The molecule has 0 unspecified atom stereocenters. The summed E-state index contributed by atoms with van der Waals surface area (Å²) in [5.74, 6) is 1.18. The summed E-state index contributed by atoms with van der Waals surface area (Å²) in [6.07, 6.45) is 14.5. The molecule has 5 aromatic carbocycles. The van der Waals surface area contributed by atoms with Crippen molar-refractivity contribution in [3.05, 3.63) is 166 Å². The molecular formula is C60H84F2N4O3. The monoisotopic (exact) mass is 947 g/mol. The van der Waals surface area contributed by atoms with E-state index in [0.717, 1.165) is 79.4 Å². The number of halogens is 2. The van der Waals surface area contributed by atoms with Crippen molar-refractivity contribution in [2.75, 3.05) is 52.4 Å². The average Bonchev–Trinajstić information content (AvgIpc) is 3.38. The van der Waals surface area contributed by atoms with E-state index < -0.39 is 0 Å². The Balaban J connectivity index is 0.000000323. The van der Waals surface area contributed by atoms with Gasteiger partial charge >= 0.3 is 0 Å². The molecule has 0 aromatic heterocycles. The van der Waals surface area contributed by atoms with E-state index in [0.29, 0.717) is 26.3 Å². The Bertz CT molecular complexity index is 2050. The summed E-state index contributed by atoms with van der Waals surface area (Å²) < 4.78 is 37.8. The van der Waals surface area contributed by atoms with Crippen LogP contribution in [-0.4, -0.2) is 73.0 Å². The maximum Gasteiger partial charge on any atom is 0.254 e. The van der Waals surface area contributed by atoms with E-state index >= 15 is 0 Å². The van der Waals surface area contributed by atoms with Gasteiger partial charge in [-0.25, -0.2) is 8.78 Å². The molecule has 0 radical (unpaired) electrons. The molecule has 376 valence electrons. The number of unbranched alkanes of at least 4 members (excludes halogenated alkanes) is 6. The fraction of sp³-hybridized carbons (Fsp3) is 0.483. The topological polar surface area (TPSA) is 57.3 Å². The Kier molecular flexibility index (Phi) is 28.0.